The Hall–Kier alpha value is -3.06. The second kappa shape index (κ2) is 16.9. The zero-order valence-electron chi connectivity index (χ0n) is 18.0. The molecule has 0 rings (SSSR count). The van der Waals surface area contributed by atoms with E-state index in [0.29, 0.717) is 12.8 Å². The molecule has 0 N–H and O–H groups in total. The molecular weight excluding hydrogens is 372 g/mol. The third-order valence-electron chi connectivity index (χ3n) is 5.68. The Morgan fingerprint density at radius 2 is 0.767 bits per heavy atom. The largest absolute Gasteiger partial charge is 0.198 e. The molecule has 0 aromatic heterocycles. The highest BCUT2D eigenvalue weighted by molar-refractivity contribution is 5.35. The van der Waals surface area contributed by atoms with Crippen LogP contribution in [0.15, 0.2) is 0 Å². The summed E-state index contributed by atoms with van der Waals surface area (Å²) in [6, 6.07) is 11.2. The molecule has 0 amide bonds. The number of hydrogen-bond acceptors (Lipinski definition) is 6. The van der Waals surface area contributed by atoms with Gasteiger partial charge in [-0.25, -0.2) is 0 Å². The lowest BCUT2D eigenvalue weighted by Crippen LogP contribution is -2.38. The van der Waals surface area contributed by atoms with Crippen LogP contribution in [0.25, 0.3) is 0 Å². The molecule has 0 radical (unpaired) electrons. The van der Waals surface area contributed by atoms with Gasteiger partial charge in [0, 0.05) is 6.42 Å². The summed E-state index contributed by atoms with van der Waals surface area (Å²) in [6.45, 7) is 0. The highest BCUT2D eigenvalue weighted by atomic mass is 14.6. The number of rotatable bonds is 17. The molecule has 0 spiro atoms. The smallest absolute Gasteiger partial charge is 0.188 e. The molecular formula is C24H32N6. The molecule has 158 valence electrons. The van der Waals surface area contributed by atoms with E-state index in [2.05, 4.69) is 6.07 Å². The zero-order chi connectivity index (χ0) is 22.6. The van der Waals surface area contributed by atoms with Crippen molar-refractivity contribution in [3.8, 4) is 36.4 Å². The van der Waals surface area contributed by atoms with Crippen molar-refractivity contribution in [2.75, 3.05) is 0 Å². The van der Waals surface area contributed by atoms with Crippen LogP contribution in [-0.2, 0) is 0 Å². The second-order valence-corrected chi connectivity index (χ2v) is 7.85. The summed E-state index contributed by atoms with van der Waals surface area (Å²) >= 11 is 0. The Balaban J connectivity index is 4.00. The van der Waals surface area contributed by atoms with Gasteiger partial charge in [-0.1, -0.05) is 77.0 Å². The summed E-state index contributed by atoms with van der Waals surface area (Å²) in [6.07, 6.45) is 14.7. The summed E-state index contributed by atoms with van der Waals surface area (Å²) in [7, 11) is 0. The van der Waals surface area contributed by atoms with Gasteiger partial charge in [0.15, 0.2) is 10.8 Å². The zero-order valence-corrected chi connectivity index (χ0v) is 18.0. The van der Waals surface area contributed by atoms with Crippen molar-refractivity contribution in [1.82, 2.24) is 0 Å². The van der Waals surface area contributed by atoms with Crippen molar-refractivity contribution in [1.29, 1.82) is 31.6 Å². The van der Waals surface area contributed by atoms with Crippen LogP contribution in [0.3, 0.4) is 0 Å². The molecule has 0 bridgehead atoms. The molecule has 0 unspecified atom stereocenters. The topological polar surface area (TPSA) is 143 Å². The van der Waals surface area contributed by atoms with Crippen molar-refractivity contribution in [2.24, 2.45) is 10.8 Å². The lowest BCUT2D eigenvalue weighted by molar-refractivity contribution is 0.273. The standard InChI is InChI=1S/C24H32N6/c25-17-14-12-10-8-6-4-2-1-3-5-7-9-11-13-15-23(19-27,20-28)24(21-29,22-30)16-18-26/h1-16H2. The van der Waals surface area contributed by atoms with Gasteiger partial charge in [-0.2, -0.15) is 31.6 Å². The highest BCUT2D eigenvalue weighted by Gasteiger charge is 2.54. The first kappa shape index (κ1) is 26.9. The Kier molecular flexibility index (Phi) is 15.1. The second-order valence-electron chi connectivity index (χ2n) is 7.85. The van der Waals surface area contributed by atoms with Crippen molar-refractivity contribution >= 4 is 0 Å². The minimum atomic E-state index is -1.90. The predicted molar refractivity (Wildman–Crippen MR) is 112 cm³/mol. The molecule has 0 saturated heterocycles. The average Bonchev–Trinajstić information content (AvgIpc) is 2.78. The van der Waals surface area contributed by atoms with E-state index in [4.69, 9.17) is 10.5 Å². The molecule has 6 nitrogen and oxygen atoms in total. The number of hydrogen-bond donors (Lipinski definition) is 0. The SMILES string of the molecule is N#CCCCCCCCCCCCCCCCC(C#N)(C#N)C(C#N)(C#N)CC#N. The van der Waals surface area contributed by atoms with Crippen molar-refractivity contribution in [3.63, 3.8) is 0 Å². The lowest BCUT2D eigenvalue weighted by Gasteiger charge is -2.29. The fourth-order valence-electron chi connectivity index (χ4n) is 3.64. The van der Waals surface area contributed by atoms with Gasteiger partial charge in [0.2, 0.25) is 0 Å². The molecule has 0 heterocycles. The first-order chi connectivity index (χ1) is 14.6. The van der Waals surface area contributed by atoms with E-state index >= 15 is 0 Å². The monoisotopic (exact) mass is 404 g/mol. The summed E-state index contributed by atoms with van der Waals surface area (Å²) in [5.74, 6) is 0. The molecule has 0 aliphatic rings. The highest BCUT2D eigenvalue weighted by Crippen LogP contribution is 2.44. The van der Waals surface area contributed by atoms with Gasteiger partial charge in [0.1, 0.15) is 0 Å². The van der Waals surface area contributed by atoms with Crippen molar-refractivity contribution in [3.05, 3.63) is 0 Å². The van der Waals surface area contributed by atoms with Gasteiger partial charge >= 0.3 is 0 Å². The van der Waals surface area contributed by atoms with Crippen molar-refractivity contribution in [2.45, 2.75) is 103 Å². The normalized spacial score (nSPS) is 10.6. The molecule has 0 saturated carbocycles. The van der Waals surface area contributed by atoms with Crippen LogP contribution in [-0.4, -0.2) is 0 Å². The van der Waals surface area contributed by atoms with Gasteiger partial charge in [0.25, 0.3) is 0 Å². The van der Waals surface area contributed by atoms with Crippen molar-refractivity contribution < 1.29 is 0 Å². The van der Waals surface area contributed by atoms with Crippen LogP contribution in [0.5, 0.6) is 0 Å². The summed E-state index contributed by atoms with van der Waals surface area (Å²) in [5, 5.41) is 55.2. The molecule has 0 fully saturated rings. The minimum Gasteiger partial charge on any atom is -0.198 e. The van der Waals surface area contributed by atoms with Gasteiger partial charge in [-0.15, -0.1) is 0 Å². The van der Waals surface area contributed by atoms with E-state index in [0.717, 1.165) is 32.1 Å². The molecule has 30 heavy (non-hydrogen) atoms. The van der Waals surface area contributed by atoms with Crippen LogP contribution < -0.4 is 0 Å². The van der Waals surface area contributed by atoms with E-state index in [-0.39, 0.29) is 6.42 Å². The molecule has 0 atom stereocenters. The maximum atomic E-state index is 9.52. The first-order valence-corrected chi connectivity index (χ1v) is 11.0. The fraction of sp³-hybridized carbons (Fsp3) is 0.750. The Labute approximate surface area is 181 Å². The Bertz CT molecular complexity index is 701. The third kappa shape index (κ3) is 8.96. The van der Waals surface area contributed by atoms with E-state index in [9.17, 15) is 21.0 Å². The minimum absolute atomic E-state index is 0.136. The van der Waals surface area contributed by atoms with E-state index in [1.165, 1.54) is 44.9 Å². The van der Waals surface area contributed by atoms with Crippen LogP contribution in [0, 0.1) is 78.8 Å². The lowest BCUT2D eigenvalue weighted by atomic mass is 9.62. The molecule has 0 aliphatic carbocycles. The Morgan fingerprint density at radius 3 is 1.10 bits per heavy atom. The van der Waals surface area contributed by atoms with Crippen LogP contribution in [0.4, 0.5) is 0 Å². The van der Waals surface area contributed by atoms with Gasteiger partial charge in [-0.3, -0.25) is 0 Å². The average molecular weight is 405 g/mol. The molecule has 0 aromatic rings. The maximum Gasteiger partial charge on any atom is 0.188 e. The van der Waals surface area contributed by atoms with Crippen LogP contribution in [0.2, 0.25) is 0 Å². The van der Waals surface area contributed by atoms with Gasteiger partial charge < -0.3 is 0 Å². The fourth-order valence-corrected chi connectivity index (χ4v) is 3.64. The molecule has 6 heteroatoms. The molecule has 0 aromatic carbocycles. The van der Waals surface area contributed by atoms with Crippen LogP contribution in [0.1, 0.15) is 103 Å². The predicted octanol–water partition coefficient (Wildman–Crippen LogP) is 6.34. The van der Waals surface area contributed by atoms with E-state index < -0.39 is 17.3 Å². The van der Waals surface area contributed by atoms with E-state index in [1.54, 1.807) is 18.2 Å². The Morgan fingerprint density at radius 1 is 0.400 bits per heavy atom. The number of nitriles is 6. The van der Waals surface area contributed by atoms with Gasteiger partial charge in [0.05, 0.1) is 42.8 Å². The summed E-state index contributed by atoms with van der Waals surface area (Å²) in [4.78, 5) is 0. The number of unbranched alkanes of at least 4 members (excludes halogenated alkanes) is 13. The van der Waals surface area contributed by atoms with Crippen LogP contribution >= 0.6 is 0 Å². The number of nitrogens with zero attached hydrogens (tertiary/aromatic N) is 6. The third-order valence-corrected chi connectivity index (χ3v) is 5.68. The van der Waals surface area contributed by atoms with E-state index in [1.807, 2.05) is 12.1 Å². The van der Waals surface area contributed by atoms with Gasteiger partial charge in [-0.05, 0) is 12.8 Å². The summed E-state index contributed by atoms with van der Waals surface area (Å²) < 4.78 is 0. The maximum absolute atomic E-state index is 9.52. The molecule has 0 aliphatic heterocycles. The summed E-state index contributed by atoms with van der Waals surface area (Å²) in [5.41, 5.74) is -3.66. The first-order valence-electron chi connectivity index (χ1n) is 11.0. The quantitative estimate of drug-likeness (QED) is 0.259.